The molecule has 0 radical (unpaired) electrons. The lowest BCUT2D eigenvalue weighted by atomic mass is 10.2. The normalized spacial score (nSPS) is 17.3. The lowest BCUT2D eigenvalue weighted by Crippen LogP contribution is -2.18. The fourth-order valence-corrected chi connectivity index (χ4v) is 2.97. The maximum Gasteiger partial charge on any atom is 0.131 e. The predicted molar refractivity (Wildman–Crippen MR) is 70.3 cm³/mol. The monoisotopic (exact) mass is 253 g/mol. The standard InChI is InChI=1S/C12H19N3OS/c1-3-10-14-11(13)8(2)12(15-10)17-9-4-6-16-7-5-9/h9H,3-7H2,1-2H3,(H2,13,14,15). The minimum absolute atomic E-state index is 0.599. The summed E-state index contributed by atoms with van der Waals surface area (Å²) in [5.41, 5.74) is 6.93. The second kappa shape index (κ2) is 5.69. The summed E-state index contributed by atoms with van der Waals surface area (Å²) in [6.07, 6.45) is 3.01. The van der Waals surface area contributed by atoms with Crippen LogP contribution in [0.5, 0.6) is 0 Å². The summed E-state index contributed by atoms with van der Waals surface area (Å²) >= 11 is 1.82. The molecule has 94 valence electrons. The first kappa shape index (κ1) is 12.6. The van der Waals surface area contributed by atoms with Crippen LogP contribution in [0.1, 0.15) is 31.2 Å². The highest BCUT2D eigenvalue weighted by Gasteiger charge is 2.18. The molecule has 0 atom stereocenters. The number of aryl methyl sites for hydroxylation is 1. The number of nitrogens with zero attached hydrogens (tertiary/aromatic N) is 2. The Balaban J connectivity index is 2.15. The van der Waals surface area contributed by atoms with Crippen molar-refractivity contribution in [2.45, 2.75) is 43.4 Å². The fraction of sp³-hybridized carbons (Fsp3) is 0.667. The van der Waals surface area contributed by atoms with Gasteiger partial charge in [0, 0.05) is 30.4 Å². The number of ether oxygens (including phenoxy) is 1. The van der Waals surface area contributed by atoms with Crippen LogP contribution in [0.4, 0.5) is 5.82 Å². The molecule has 0 amide bonds. The van der Waals surface area contributed by atoms with Gasteiger partial charge in [0.2, 0.25) is 0 Å². The van der Waals surface area contributed by atoms with Crippen molar-refractivity contribution in [2.75, 3.05) is 18.9 Å². The molecule has 4 nitrogen and oxygen atoms in total. The smallest absolute Gasteiger partial charge is 0.131 e. The molecule has 17 heavy (non-hydrogen) atoms. The molecule has 0 spiro atoms. The molecule has 1 aromatic heterocycles. The lowest BCUT2D eigenvalue weighted by molar-refractivity contribution is 0.1000. The Labute approximate surface area is 106 Å². The summed E-state index contributed by atoms with van der Waals surface area (Å²) in [7, 11) is 0. The predicted octanol–water partition coefficient (Wildman–Crippen LogP) is 2.20. The zero-order chi connectivity index (χ0) is 12.3. The van der Waals surface area contributed by atoms with Crippen molar-refractivity contribution in [3.05, 3.63) is 11.4 Å². The summed E-state index contributed by atoms with van der Waals surface area (Å²) in [4.78, 5) is 8.85. The van der Waals surface area contributed by atoms with Gasteiger partial charge in [-0.2, -0.15) is 0 Å². The average Bonchev–Trinajstić information content (AvgIpc) is 2.36. The minimum Gasteiger partial charge on any atom is -0.383 e. The van der Waals surface area contributed by atoms with E-state index in [1.165, 1.54) is 0 Å². The van der Waals surface area contributed by atoms with E-state index in [0.717, 1.165) is 48.9 Å². The first-order valence-corrected chi connectivity index (χ1v) is 6.96. The van der Waals surface area contributed by atoms with E-state index in [9.17, 15) is 0 Å². The van der Waals surface area contributed by atoms with Gasteiger partial charge in [-0.05, 0) is 19.8 Å². The quantitative estimate of drug-likeness (QED) is 0.837. The Bertz CT molecular complexity index is 392. The molecule has 1 aliphatic rings. The zero-order valence-corrected chi connectivity index (χ0v) is 11.2. The van der Waals surface area contributed by atoms with E-state index in [2.05, 4.69) is 9.97 Å². The summed E-state index contributed by atoms with van der Waals surface area (Å²) < 4.78 is 5.37. The third-order valence-corrected chi connectivity index (χ3v) is 4.37. The van der Waals surface area contributed by atoms with Crippen LogP contribution in [0.2, 0.25) is 0 Å². The Hall–Kier alpha value is -0.810. The summed E-state index contributed by atoms with van der Waals surface area (Å²) in [6.45, 7) is 5.76. The molecule has 2 heterocycles. The number of nitrogen functional groups attached to an aromatic ring is 1. The van der Waals surface area contributed by atoms with Crippen molar-refractivity contribution in [2.24, 2.45) is 0 Å². The molecule has 0 saturated carbocycles. The first-order chi connectivity index (χ1) is 8.20. The van der Waals surface area contributed by atoms with Crippen LogP contribution >= 0.6 is 11.8 Å². The van der Waals surface area contributed by atoms with E-state index in [4.69, 9.17) is 10.5 Å². The molecule has 1 aliphatic heterocycles. The number of thioether (sulfide) groups is 1. The largest absolute Gasteiger partial charge is 0.383 e. The van der Waals surface area contributed by atoms with Crippen LogP contribution in [0.3, 0.4) is 0 Å². The van der Waals surface area contributed by atoms with Crippen molar-refractivity contribution in [1.29, 1.82) is 0 Å². The molecular formula is C12H19N3OS. The zero-order valence-electron chi connectivity index (χ0n) is 10.4. The van der Waals surface area contributed by atoms with Gasteiger partial charge in [0.1, 0.15) is 16.7 Å². The van der Waals surface area contributed by atoms with E-state index in [1.807, 2.05) is 25.6 Å². The van der Waals surface area contributed by atoms with E-state index in [0.29, 0.717) is 11.1 Å². The Morgan fingerprint density at radius 2 is 2.06 bits per heavy atom. The second-order valence-electron chi connectivity index (χ2n) is 4.24. The van der Waals surface area contributed by atoms with Gasteiger partial charge in [-0.25, -0.2) is 9.97 Å². The summed E-state index contributed by atoms with van der Waals surface area (Å²) in [5, 5.41) is 1.64. The minimum atomic E-state index is 0.599. The van der Waals surface area contributed by atoms with Gasteiger partial charge in [0.25, 0.3) is 0 Å². The van der Waals surface area contributed by atoms with Gasteiger partial charge >= 0.3 is 0 Å². The Kier molecular flexibility index (Phi) is 4.23. The highest BCUT2D eigenvalue weighted by atomic mass is 32.2. The van der Waals surface area contributed by atoms with Gasteiger partial charge < -0.3 is 10.5 Å². The van der Waals surface area contributed by atoms with E-state index in [1.54, 1.807) is 0 Å². The van der Waals surface area contributed by atoms with Crippen molar-refractivity contribution >= 4 is 17.6 Å². The van der Waals surface area contributed by atoms with Gasteiger partial charge in [-0.15, -0.1) is 11.8 Å². The number of rotatable bonds is 3. The molecule has 0 bridgehead atoms. The van der Waals surface area contributed by atoms with Crippen LogP contribution in [-0.4, -0.2) is 28.4 Å². The molecule has 0 aromatic carbocycles. The molecule has 5 heteroatoms. The Morgan fingerprint density at radius 3 is 2.71 bits per heavy atom. The molecule has 1 aromatic rings. The average molecular weight is 253 g/mol. The van der Waals surface area contributed by atoms with Crippen molar-refractivity contribution in [3.63, 3.8) is 0 Å². The van der Waals surface area contributed by atoms with E-state index < -0.39 is 0 Å². The highest BCUT2D eigenvalue weighted by Crippen LogP contribution is 2.31. The molecule has 0 unspecified atom stereocenters. The van der Waals surface area contributed by atoms with Gasteiger partial charge in [0.05, 0.1) is 0 Å². The number of hydrogen-bond acceptors (Lipinski definition) is 5. The van der Waals surface area contributed by atoms with E-state index in [-0.39, 0.29) is 0 Å². The number of hydrogen-bond donors (Lipinski definition) is 1. The first-order valence-electron chi connectivity index (χ1n) is 6.08. The SMILES string of the molecule is CCc1nc(N)c(C)c(SC2CCOCC2)n1. The maximum atomic E-state index is 5.91. The highest BCUT2D eigenvalue weighted by molar-refractivity contribution is 7.99. The second-order valence-corrected chi connectivity index (χ2v) is 5.53. The number of anilines is 1. The summed E-state index contributed by atoms with van der Waals surface area (Å²) in [6, 6.07) is 0. The molecule has 1 fully saturated rings. The van der Waals surface area contributed by atoms with Crippen LogP contribution in [0.25, 0.3) is 0 Å². The van der Waals surface area contributed by atoms with Crippen molar-refractivity contribution in [1.82, 2.24) is 9.97 Å². The molecule has 2 rings (SSSR count). The van der Waals surface area contributed by atoms with Crippen LogP contribution in [0.15, 0.2) is 5.03 Å². The Morgan fingerprint density at radius 1 is 1.35 bits per heavy atom. The third-order valence-electron chi connectivity index (χ3n) is 2.95. The van der Waals surface area contributed by atoms with Crippen molar-refractivity contribution < 1.29 is 4.74 Å². The molecule has 2 N–H and O–H groups in total. The number of nitrogens with two attached hydrogens (primary N) is 1. The molecule has 1 saturated heterocycles. The van der Waals surface area contributed by atoms with Gasteiger partial charge in [-0.1, -0.05) is 6.92 Å². The van der Waals surface area contributed by atoms with Gasteiger partial charge in [-0.3, -0.25) is 0 Å². The van der Waals surface area contributed by atoms with Crippen LogP contribution in [0, 0.1) is 6.92 Å². The third kappa shape index (κ3) is 3.10. The molecular weight excluding hydrogens is 234 g/mol. The fourth-order valence-electron chi connectivity index (χ4n) is 1.78. The van der Waals surface area contributed by atoms with Crippen LogP contribution < -0.4 is 5.73 Å². The maximum absolute atomic E-state index is 5.91. The molecule has 0 aliphatic carbocycles. The van der Waals surface area contributed by atoms with Gasteiger partial charge in [0.15, 0.2) is 0 Å². The van der Waals surface area contributed by atoms with E-state index >= 15 is 0 Å². The number of aromatic nitrogens is 2. The lowest BCUT2D eigenvalue weighted by Gasteiger charge is -2.22. The topological polar surface area (TPSA) is 61.0 Å². The summed E-state index contributed by atoms with van der Waals surface area (Å²) in [5.74, 6) is 1.45. The van der Waals surface area contributed by atoms with Crippen molar-refractivity contribution in [3.8, 4) is 0 Å². The van der Waals surface area contributed by atoms with Crippen LogP contribution in [-0.2, 0) is 11.2 Å².